The van der Waals surface area contributed by atoms with Crippen LogP contribution in [0.4, 0.5) is 0 Å². The van der Waals surface area contributed by atoms with Gasteiger partial charge in [0.05, 0.1) is 11.1 Å². The zero-order chi connectivity index (χ0) is 18.4. The zero-order valence-corrected chi connectivity index (χ0v) is 14.3. The molecule has 0 spiro atoms. The number of thiophene rings is 1. The SMILES string of the molecule is O=C(NNC(=O)C(NC(=O)c1cccs1)c1ccccc1)c1ccco1. The summed E-state index contributed by atoms with van der Waals surface area (Å²) in [4.78, 5) is 37.2. The van der Waals surface area contributed by atoms with Gasteiger partial charge in [0.15, 0.2) is 5.76 Å². The van der Waals surface area contributed by atoms with Gasteiger partial charge in [-0.25, -0.2) is 0 Å². The molecule has 2 heterocycles. The Morgan fingerprint density at radius 1 is 0.885 bits per heavy atom. The number of nitrogens with one attached hydrogen (secondary N) is 3. The van der Waals surface area contributed by atoms with Crippen LogP contribution in [0, 0.1) is 0 Å². The number of hydrogen-bond donors (Lipinski definition) is 3. The average Bonchev–Trinajstić information content (AvgIpc) is 3.38. The second-order valence-electron chi connectivity index (χ2n) is 5.22. The smallest absolute Gasteiger partial charge is 0.305 e. The lowest BCUT2D eigenvalue weighted by atomic mass is 10.1. The summed E-state index contributed by atoms with van der Waals surface area (Å²) in [5.74, 6) is -1.49. The van der Waals surface area contributed by atoms with Crippen LogP contribution in [-0.4, -0.2) is 17.7 Å². The van der Waals surface area contributed by atoms with Crippen molar-refractivity contribution in [3.63, 3.8) is 0 Å². The second-order valence-corrected chi connectivity index (χ2v) is 6.16. The molecular weight excluding hydrogens is 354 g/mol. The number of carbonyl (C=O) groups excluding carboxylic acids is 3. The Labute approximate surface area is 153 Å². The third kappa shape index (κ3) is 4.17. The fourth-order valence-electron chi connectivity index (χ4n) is 2.22. The lowest BCUT2D eigenvalue weighted by molar-refractivity contribution is -0.123. The number of furan rings is 1. The molecule has 0 fully saturated rings. The van der Waals surface area contributed by atoms with Crippen molar-refractivity contribution in [2.24, 2.45) is 0 Å². The Balaban J connectivity index is 1.71. The van der Waals surface area contributed by atoms with Crippen LogP contribution in [0.1, 0.15) is 31.8 Å². The molecule has 0 saturated heterocycles. The molecule has 132 valence electrons. The highest BCUT2D eigenvalue weighted by atomic mass is 32.1. The summed E-state index contributed by atoms with van der Waals surface area (Å²) in [7, 11) is 0. The lowest BCUT2D eigenvalue weighted by Crippen LogP contribution is -2.48. The fourth-order valence-corrected chi connectivity index (χ4v) is 2.84. The topological polar surface area (TPSA) is 100 Å². The summed E-state index contributed by atoms with van der Waals surface area (Å²) in [6.45, 7) is 0. The molecule has 7 nitrogen and oxygen atoms in total. The van der Waals surface area contributed by atoms with E-state index in [4.69, 9.17) is 4.42 Å². The molecule has 3 N–H and O–H groups in total. The minimum absolute atomic E-state index is 0.0594. The van der Waals surface area contributed by atoms with Crippen molar-refractivity contribution in [1.29, 1.82) is 0 Å². The lowest BCUT2D eigenvalue weighted by Gasteiger charge is -2.18. The number of carbonyl (C=O) groups is 3. The van der Waals surface area contributed by atoms with Crippen molar-refractivity contribution in [3.8, 4) is 0 Å². The van der Waals surface area contributed by atoms with Gasteiger partial charge in [-0.05, 0) is 29.1 Å². The molecule has 26 heavy (non-hydrogen) atoms. The van der Waals surface area contributed by atoms with Crippen LogP contribution < -0.4 is 16.2 Å². The quantitative estimate of drug-likeness (QED) is 0.601. The zero-order valence-electron chi connectivity index (χ0n) is 13.5. The molecule has 8 heteroatoms. The van der Waals surface area contributed by atoms with Crippen molar-refractivity contribution < 1.29 is 18.8 Å². The predicted octanol–water partition coefficient (Wildman–Crippen LogP) is 2.27. The van der Waals surface area contributed by atoms with Crippen LogP contribution in [0.15, 0.2) is 70.7 Å². The van der Waals surface area contributed by atoms with Gasteiger partial charge in [-0.3, -0.25) is 25.2 Å². The number of benzene rings is 1. The third-order valence-electron chi connectivity index (χ3n) is 3.46. The number of amides is 3. The molecule has 2 aromatic heterocycles. The van der Waals surface area contributed by atoms with Crippen molar-refractivity contribution in [2.45, 2.75) is 6.04 Å². The Bertz CT molecular complexity index is 877. The monoisotopic (exact) mass is 369 g/mol. The Hall–Kier alpha value is -3.39. The highest BCUT2D eigenvalue weighted by molar-refractivity contribution is 7.12. The minimum Gasteiger partial charge on any atom is -0.459 e. The molecule has 3 aromatic rings. The van der Waals surface area contributed by atoms with Crippen LogP contribution >= 0.6 is 11.3 Å². The summed E-state index contributed by atoms with van der Waals surface area (Å²) in [6, 6.07) is 14.2. The van der Waals surface area contributed by atoms with Crippen LogP contribution in [0.5, 0.6) is 0 Å². The summed E-state index contributed by atoms with van der Waals surface area (Å²) in [5.41, 5.74) is 5.16. The second kappa shape index (κ2) is 8.13. The highest BCUT2D eigenvalue weighted by Crippen LogP contribution is 2.15. The highest BCUT2D eigenvalue weighted by Gasteiger charge is 2.24. The van der Waals surface area contributed by atoms with Crippen LogP contribution in [0.2, 0.25) is 0 Å². The molecule has 0 radical (unpaired) electrons. The number of rotatable bonds is 5. The Morgan fingerprint density at radius 2 is 1.69 bits per heavy atom. The molecule has 0 bridgehead atoms. The van der Waals surface area contributed by atoms with Crippen molar-refractivity contribution >= 4 is 29.1 Å². The summed E-state index contributed by atoms with van der Waals surface area (Å²) in [6.07, 6.45) is 1.35. The van der Waals surface area contributed by atoms with Crippen molar-refractivity contribution in [2.75, 3.05) is 0 Å². The van der Waals surface area contributed by atoms with E-state index in [0.29, 0.717) is 10.4 Å². The maximum Gasteiger partial charge on any atom is 0.305 e. The summed E-state index contributed by atoms with van der Waals surface area (Å²) >= 11 is 1.27. The van der Waals surface area contributed by atoms with Gasteiger partial charge in [0.25, 0.3) is 11.8 Å². The standard InChI is InChI=1S/C18H15N3O4S/c22-16(13-8-4-10-25-13)20-21-18(24)15(12-6-2-1-3-7-12)19-17(23)14-9-5-11-26-14/h1-11,15H,(H,19,23)(H,20,22)(H,21,24). The maximum absolute atomic E-state index is 12.6. The first-order valence-corrected chi connectivity index (χ1v) is 8.56. The molecule has 1 atom stereocenters. The van der Waals surface area contributed by atoms with E-state index in [0.717, 1.165) is 0 Å². The van der Waals surface area contributed by atoms with Gasteiger partial charge in [-0.1, -0.05) is 36.4 Å². The first kappa shape index (κ1) is 17.4. The largest absolute Gasteiger partial charge is 0.459 e. The van der Waals surface area contributed by atoms with Gasteiger partial charge >= 0.3 is 5.91 Å². The first-order chi connectivity index (χ1) is 12.6. The fraction of sp³-hybridized carbons (Fsp3) is 0.0556. The first-order valence-electron chi connectivity index (χ1n) is 7.68. The van der Waals surface area contributed by atoms with Crippen molar-refractivity contribution in [3.05, 3.63) is 82.4 Å². The van der Waals surface area contributed by atoms with Crippen LogP contribution in [0.25, 0.3) is 0 Å². The van der Waals surface area contributed by atoms with Gasteiger partial charge in [0.1, 0.15) is 6.04 Å². The van der Waals surface area contributed by atoms with E-state index in [1.165, 1.54) is 23.7 Å². The van der Waals surface area contributed by atoms with Gasteiger partial charge in [0.2, 0.25) is 0 Å². The van der Waals surface area contributed by atoms with E-state index in [1.54, 1.807) is 53.9 Å². The molecule has 0 saturated carbocycles. The van der Waals surface area contributed by atoms with Gasteiger partial charge < -0.3 is 9.73 Å². The van der Waals surface area contributed by atoms with E-state index in [1.807, 2.05) is 0 Å². The molecule has 0 aliphatic rings. The van der Waals surface area contributed by atoms with E-state index in [2.05, 4.69) is 16.2 Å². The maximum atomic E-state index is 12.6. The van der Waals surface area contributed by atoms with Gasteiger partial charge in [0, 0.05) is 0 Å². The Kier molecular flexibility index (Phi) is 5.45. The molecular formula is C18H15N3O4S. The number of hydrazine groups is 1. The third-order valence-corrected chi connectivity index (χ3v) is 4.33. The van der Waals surface area contributed by atoms with Crippen LogP contribution in [0.3, 0.4) is 0 Å². The van der Waals surface area contributed by atoms with Gasteiger partial charge in [-0.15, -0.1) is 11.3 Å². The van der Waals surface area contributed by atoms with Gasteiger partial charge in [-0.2, -0.15) is 0 Å². The average molecular weight is 369 g/mol. The van der Waals surface area contributed by atoms with E-state index >= 15 is 0 Å². The summed E-state index contributed by atoms with van der Waals surface area (Å²) in [5, 5.41) is 4.45. The number of hydrogen-bond acceptors (Lipinski definition) is 5. The van der Waals surface area contributed by atoms with E-state index in [9.17, 15) is 14.4 Å². The summed E-state index contributed by atoms with van der Waals surface area (Å²) < 4.78 is 4.95. The molecule has 3 amide bonds. The molecule has 1 unspecified atom stereocenters. The Morgan fingerprint density at radius 3 is 2.35 bits per heavy atom. The van der Waals surface area contributed by atoms with Crippen molar-refractivity contribution in [1.82, 2.24) is 16.2 Å². The van der Waals surface area contributed by atoms with Crippen LogP contribution in [-0.2, 0) is 4.79 Å². The normalized spacial score (nSPS) is 11.4. The molecule has 0 aliphatic heterocycles. The predicted molar refractivity (Wildman–Crippen MR) is 95.3 cm³/mol. The molecule has 0 aliphatic carbocycles. The molecule has 3 rings (SSSR count). The molecule has 1 aromatic carbocycles. The minimum atomic E-state index is -0.970. The van der Waals surface area contributed by atoms with E-state index < -0.39 is 17.9 Å². The van der Waals surface area contributed by atoms with E-state index in [-0.39, 0.29) is 11.7 Å².